The second-order valence-corrected chi connectivity index (χ2v) is 10.1. The number of aromatic nitrogens is 2. The Kier molecular flexibility index (Phi) is 7.54. The van der Waals surface area contributed by atoms with Gasteiger partial charge in [0, 0.05) is 55.6 Å². The zero-order valence-corrected chi connectivity index (χ0v) is 22.0. The number of carbonyl (C=O) groups excluding carboxylic acids is 1. The molecule has 0 aliphatic carbocycles. The lowest BCUT2D eigenvalue weighted by Crippen LogP contribution is -2.33. The number of nitriles is 1. The van der Waals surface area contributed by atoms with Crippen LogP contribution in [0.15, 0.2) is 42.9 Å². The van der Waals surface area contributed by atoms with Gasteiger partial charge in [0.05, 0.1) is 18.2 Å². The molecule has 200 valence electrons. The highest BCUT2D eigenvalue weighted by Gasteiger charge is 2.39. The molecule has 9 heteroatoms. The lowest BCUT2D eigenvalue weighted by molar-refractivity contribution is -0.136. The maximum Gasteiger partial charge on any atom is 0.417 e. The standard InChI is InChI=1S/C29H31F3N4O2/c1-17(2)18(3)36-10-8-19(9-11-36)23-16-35(4)28-26(23)27(29(30,31)32)22(15-34-28)13-24(37)20-6-7-25(38-5)21(12-20)14-33/h6-7,12,15-17,19H,3,8-11,13H2,1-2,4-5H3. The fourth-order valence-electron chi connectivity index (χ4n) is 5.27. The Hall–Kier alpha value is -3.80. The minimum Gasteiger partial charge on any atom is -0.495 e. The number of ketones is 1. The summed E-state index contributed by atoms with van der Waals surface area (Å²) in [5.41, 5.74) is 1.19. The molecule has 38 heavy (non-hydrogen) atoms. The van der Waals surface area contributed by atoms with Crippen molar-refractivity contribution in [1.29, 1.82) is 5.26 Å². The molecule has 0 atom stereocenters. The number of hydrogen-bond donors (Lipinski definition) is 0. The number of ether oxygens (including phenoxy) is 1. The van der Waals surface area contributed by atoms with E-state index in [2.05, 4.69) is 30.3 Å². The van der Waals surface area contributed by atoms with E-state index in [-0.39, 0.29) is 33.6 Å². The molecule has 1 aromatic carbocycles. The van der Waals surface area contributed by atoms with Crippen LogP contribution >= 0.6 is 0 Å². The van der Waals surface area contributed by atoms with E-state index in [0.29, 0.717) is 30.1 Å². The summed E-state index contributed by atoms with van der Waals surface area (Å²) in [7, 11) is 3.09. The fraction of sp³-hybridized carbons (Fsp3) is 0.414. The first-order valence-electron chi connectivity index (χ1n) is 12.5. The number of methoxy groups -OCH3 is 1. The predicted octanol–water partition coefficient (Wildman–Crippen LogP) is 6.25. The van der Waals surface area contributed by atoms with Crippen molar-refractivity contribution in [1.82, 2.24) is 14.5 Å². The molecule has 3 heterocycles. The number of benzene rings is 1. The van der Waals surface area contributed by atoms with E-state index < -0.39 is 23.9 Å². The number of pyridine rings is 1. The third-order valence-electron chi connectivity index (χ3n) is 7.38. The smallest absolute Gasteiger partial charge is 0.417 e. The summed E-state index contributed by atoms with van der Waals surface area (Å²) in [6.45, 7) is 9.78. The lowest BCUT2D eigenvalue weighted by atomic mass is 9.86. The van der Waals surface area contributed by atoms with Crippen molar-refractivity contribution in [3.05, 3.63) is 70.7 Å². The van der Waals surface area contributed by atoms with Crippen molar-refractivity contribution in [2.75, 3.05) is 20.2 Å². The summed E-state index contributed by atoms with van der Waals surface area (Å²) >= 11 is 0. The molecule has 6 nitrogen and oxygen atoms in total. The van der Waals surface area contributed by atoms with E-state index in [1.54, 1.807) is 17.8 Å². The molecule has 1 fully saturated rings. The van der Waals surface area contributed by atoms with Gasteiger partial charge in [0.25, 0.3) is 0 Å². The molecule has 0 spiro atoms. The largest absolute Gasteiger partial charge is 0.495 e. The molecule has 1 aliphatic heterocycles. The first kappa shape index (κ1) is 27.2. The zero-order chi connectivity index (χ0) is 27.8. The SMILES string of the molecule is C=C(C(C)C)N1CCC(c2cn(C)c3ncc(CC(=O)c4ccc(OC)c(C#N)c4)c(C(F)(F)F)c23)CC1. The van der Waals surface area contributed by atoms with Gasteiger partial charge in [-0.1, -0.05) is 20.4 Å². The average Bonchev–Trinajstić information content (AvgIpc) is 3.22. The fourth-order valence-corrected chi connectivity index (χ4v) is 5.27. The van der Waals surface area contributed by atoms with Gasteiger partial charge in [0.15, 0.2) is 5.78 Å². The Morgan fingerprint density at radius 3 is 2.55 bits per heavy atom. The molecule has 1 saturated heterocycles. The second-order valence-electron chi connectivity index (χ2n) is 10.1. The minimum atomic E-state index is -4.68. The first-order chi connectivity index (χ1) is 18.0. The number of rotatable bonds is 7. The lowest BCUT2D eigenvalue weighted by Gasteiger charge is -2.36. The number of fused-ring (bicyclic) bond motifs is 1. The van der Waals surface area contributed by atoms with E-state index in [4.69, 9.17) is 4.74 Å². The highest BCUT2D eigenvalue weighted by Crippen LogP contribution is 2.43. The van der Waals surface area contributed by atoms with E-state index in [0.717, 1.165) is 25.0 Å². The Bertz CT molecular complexity index is 1420. The van der Waals surface area contributed by atoms with Crippen molar-refractivity contribution in [3.63, 3.8) is 0 Å². The van der Waals surface area contributed by atoms with Gasteiger partial charge >= 0.3 is 6.18 Å². The van der Waals surface area contributed by atoms with Crippen LogP contribution in [-0.4, -0.2) is 40.4 Å². The average molecular weight is 525 g/mol. The number of alkyl halides is 3. The summed E-state index contributed by atoms with van der Waals surface area (Å²) in [5.74, 6) is -0.00226. The molecule has 0 N–H and O–H groups in total. The monoisotopic (exact) mass is 524 g/mol. The number of halogens is 3. The number of allylic oxidation sites excluding steroid dienone is 1. The highest BCUT2D eigenvalue weighted by molar-refractivity contribution is 5.99. The van der Waals surface area contributed by atoms with Gasteiger partial charge in [-0.25, -0.2) is 4.98 Å². The molecule has 4 rings (SSSR count). The van der Waals surface area contributed by atoms with Crippen LogP contribution in [0.5, 0.6) is 5.75 Å². The molecule has 2 aromatic heterocycles. The first-order valence-corrected chi connectivity index (χ1v) is 12.5. The molecule has 0 unspecified atom stereocenters. The number of hydrogen-bond acceptors (Lipinski definition) is 5. The third kappa shape index (κ3) is 5.13. The molecule has 0 amide bonds. The highest BCUT2D eigenvalue weighted by atomic mass is 19.4. The molecule has 0 saturated carbocycles. The predicted molar refractivity (Wildman–Crippen MR) is 139 cm³/mol. The number of aryl methyl sites for hydroxylation is 1. The van der Waals surface area contributed by atoms with Crippen LogP contribution in [0.3, 0.4) is 0 Å². The summed E-state index contributed by atoms with van der Waals surface area (Å²) in [4.78, 5) is 19.6. The number of likely N-dealkylation sites (tertiary alicyclic amines) is 1. The maximum absolute atomic E-state index is 14.6. The van der Waals surface area contributed by atoms with Gasteiger partial charge in [0.1, 0.15) is 17.5 Å². The Balaban J connectivity index is 1.73. The van der Waals surface area contributed by atoms with Crippen molar-refractivity contribution in [2.24, 2.45) is 13.0 Å². The van der Waals surface area contributed by atoms with Crippen molar-refractivity contribution in [3.8, 4) is 11.8 Å². The van der Waals surface area contributed by atoms with Crippen LogP contribution in [0, 0.1) is 17.2 Å². The van der Waals surface area contributed by atoms with E-state index >= 15 is 0 Å². The molecule has 0 bridgehead atoms. The van der Waals surface area contributed by atoms with Crippen LogP contribution in [0.1, 0.15) is 65.2 Å². The molecule has 1 aliphatic rings. The van der Waals surface area contributed by atoms with Crippen LogP contribution in [0.2, 0.25) is 0 Å². The van der Waals surface area contributed by atoms with Crippen LogP contribution in [-0.2, 0) is 19.6 Å². The number of Topliss-reactive ketones (excluding diaryl/α,β-unsaturated/α-hetero) is 1. The zero-order valence-electron chi connectivity index (χ0n) is 22.0. The van der Waals surface area contributed by atoms with Crippen LogP contribution in [0.4, 0.5) is 13.2 Å². The normalized spacial score (nSPS) is 14.7. The summed E-state index contributed by atoms with van der Waals surface area (Å²) in [6.07, 6.45) is -0.870. The molecule has 3 aromatic rings. The maximum atomic E-state index is 14.6. The summed E-state index contributed by atoms with van der Waals surface area (Å²) in [5, 5.41) is 9.40. The molecular formula is C29H31F3N4O2. The van der Waals surface area contributed by atoms with Crippen molar-refractivity contribution < 1.29 is 22.7 Å². The summed E-state index contributed by atoms with van der Waals surface area (Å²) in [6, 6.07) is 6.21. The Morgan fingerprint density at radius 1 is 1.29 bits per heavy atom. The van der Waals surface area contributed by atoms with Crippen molar-refractivity contribution >= 4 is 16.8 Å². The van der Waals surface area contributed by atoms with Gasteiger partial charge in [-0.3, -0.25) is 4.79 Å². The Labute approximate surface area is 220 Å². The van der Waals surface area contributed by atoms with Gasteiger partial charge in [-0.15, -0.1) is 0 Å². The van der Waals surface area contributed by atoms with Gasteiger partial charge in [-0.2, -0.15) is 18.4 Å². The van der Waals surface area contributed by atoms with Gasteiger partial charge < -0.3 is 14.2 Å². The molecular weight excluding hydrogens is 493 g/mol. The van der Waals surface area contributed by atoms with Crippen LogP contribution in [0.25, 0.3) is 11.0 Å². The molecule has 0 radical (unpaired) electrons. The second kappa shape index (κ2) is 10.5. The van der Waals surface area contributed by atoms with Gasteiger partial charge in [0.2, 0.25) is 0 Å². The quantitative estimate of drug-likeness (QED) is 0.342. The van der Waals surface area contributed by atoms with Crippen molar-refractivity contribution in [2.45, 2.75) is 45.2 Å². The van der Waals surface area contributed by atoms with E-state index in [1.165, 1.54) is 25.3 Å². The van der Waals surface area contributed by atoms with E-state index in [1.807, 2.05) is 6.07 Å². The van der Waals surface area contributed by atoms with E-state index in [9.17, 15) is 23.2 Å². The number of nitrogens with zero attached hydrogens (tertiary/aromatic N) is 4. The van der Waals surface area contributed by atoms with Gasteiger partial charge in [-0.05, 0) is 54.0 Å². The number of piperidine rings is 1. The van der Waals surface area contributed by atoms with Crippen LogP contribution < -0.4 is 4.74 Å². The third-order valence-corrected chi connectivity index (χ3v) is 7.38. The topological polar surface area (TPSA) is 71.2 Å². The summed E-state index contributed by atoms with van der Waals surface area (Å²) < 4.78 is 50.6. The Morgan fingerprint density at radius 2 is 1.97 bits per heavy atom. The number of carbonyl (C=O) groups is 1. The minimum absolute atomic E-state index is 0.0662.